The molecule has 2 aromatic heterocycles. The van der Waals surface area contributed by atoms with Crippen molar-refractivity contribution in [3.8, 4) is 0 Å². The van der Waals surface area contributed by atoms with E-state index >= 15 is 0 Å². The highest BCUT2D eigenvalue weighted by molar-refractivity contribution is 6.06. The molecule has 0 unspecified atom stereocenters. The highest BCUT2D eigenvalue weighted by Crippen LogP contribution is 2.30. The second kappa shape index (κ2) is 5.71. The van der Waals surface area contributed by atoms with Crippen molar-refractivity contribution in [2.45, 2.75) is 13.3 Å². The Hall–Kier alpha value is -2.75. The molecule has 0 bridgehead atoms. The molecule has 0 aliphatic carbocycles. The smallest absolute Gasteiger partial charge is 0.232 e. The van der Waals surface area contributed by atoms with Crippen molar-refractivity contribution in [2.24, 2.45) is 0 Å². The Morgan fingerprint density at radius 2 is 1.81 bits per heavy atom. The maximum atomic E-state index is 12.4. The van der Waals surface area contributed by atoms with E-state index in [1.165, 1.54) is 0 Å². The van der Waals surface area contributed by atoms with Crippen molar-refractivity contribution in [1.82, 2.24) is 9.97 Å². The second-order valence-corrected chi connectivity index (χ2v) is 4.62. The van der Waals surface area contributed by atoms with Gasteiger partial charge in [-0.25, -0.2) is 4.98 Å². The number of carbonyl (C=O) groups excluding carboxylic acids is 1. The molecule has 1 amide bonds. The summed E-state index contributed by atoms with van der Waals surface area (Å²) >= 11 is 0. The molecule has 0 aliphatic heterocycles. The molecule has 0 saturated heterocycles. The largest absolute Gasteiger partial charge is 0.274 e. The zero-order chi connectivity index (χ0) is 14.7. The fourth-order valence-corrected chi connectivity index (χ4v) is 2.30. The van der Waals surface area contributed by atoms with Crippen molar-refractivity contribution in [3.63, 3.8) is 0 Å². The quantitative estimate of drug-likeness (QED) is 0.733. The van der Waals surface area contributed by atoms with E-state index in [1.54, 1.807) is 17.3 Å². The summed E-state index contributed by atoms with van der Waals surface area (Å²) < 4.78 is 0. The average molecular weight is 277 g/mol. The molecule has 4 nitrogen and oxygen atoms in total. The Balaban J connectivity index is 2.22. The van der Waals surface area contributed by atoms with Crippen molar-refractivity contribution >= 4 is 28.3 Å². The summed E-state index contributed by atoms with van der Waals surface area (Å²) in [6.07, 6.45) is 3.82. The van der Waals surface area contributed by atoms with Gasteiger partial charge in [0.05, 0.1) is 11.2 Å². The third-order valence-electron chi connectivity index (χ3n) is 3.28. The van der Waals surface area contributed by atoms with Crippen LogP contribution in [-0.2, 0) is 4.79 Å². The van der Waals surface area contributed by atoms with E-state index in [0.717, 1.165) is 16.6 Å². The summed E-state index contributed by atoms with van der Waals surface area (Å²) in [5, 5.41) is 1.000. The standard InChI is InChI=1S/C17H15N3O/c1-2-16(21)20(15-10-3-4-11-18-15)14-9-5-7-13-8-6-12-19-17(13)14/h3-12H,2H2,1H3. The normalized spacial score (nSPS) is 10.5. The molecule has 2 heterocycles. The van der Waals surface area contributed by atoms with Crippen LogP contribution in [0.1, 0.15) is 13.3 Å². The summed E-state index contributed by atoms with van der Waals surface area (Å²) in [6.45, 7) is 1.84. The third-order valence-corrected chi connectivity index (χ3v) is 3.28. The minimum Gasteiger partial charge on any atom is -0.274 e. The monoisotopic (exact) mass is 277 g/mol. The van der Waals surface area contributed by atoms with Crippen LogP contribution in [0.4, 0.5) is 11.5 Å². The van der Waals surface area contributed by atoms with Gasteiger partial charge < -0.3 is 0 Å². The molecule has 21 heavy (non-hydrogen) atoms. The number of pyridine rings is 2. The van der Waals surface area contributed by atoms with Crippen LogP contribution in [0.3, 0.4) is 0 Å². The SMILES string of the molecule is CCC(=O)N(c1ccccn1)c1cccc2cccnc12. The number of nitrogens with zero attached hydrogens (tertiary/aromatic N) is 3. The van der Waals surface area contributed by atoms with Crippen LogP contribution in [0.15, 0.2) is 60.9 Å². The highest BCUT2D eigenvalue weighted by Gasteiger charge is 2.19. The molecule has 3 rings (SSSR count). The number of hydrogen-bond donors (Lipinski definition) is 0. The van der Waals surface area contributed by atoms with Gasteiger partial charge in [-0.05, 0) is 24.3 Å². The van der Waals surface area contributed by atoms with Crippen LogP contribution < -0.4 is 4.90 Å². The van der Waals surface area contributed by atoms with Gasteiger partial charge >= 0.3 is 0 Å². The van der Waals surface area contributed by atoms with E-state index in [2.05, 4.69) is 9.97 Å². The number of amides is 1. The lowest BCUT2D eigenvalue weighted by molar-refractivity contribution is -0.117. The van der Waals surface area contributed by atoms with Crippen LogP contribution in [0.5, 0.6) is 0 Å². The fourth-order valence-electron chi connectivity index (χ4n) is 2.30. The fraction of sp³-hybridized carbons (Fsp3) is 0.118. The predicted octanol–water partition coefficient (Wildman–Crippen LogP) is 3.70. The number of hydrogen-bond acceptors (Lipinski definition) is 3. The molecule has 104 valence electrons. The number of para-hydroxylation sites is 1. The number of rotatable bonds is 3. The van der Waals surface area contributed by atoms with Crippen molar-refractivity contribution in [3.05, 3.63) is 60.9 Å². The Kier molecular flexibility index (Phi) is 3.60. The lowest BCUT2D eigenvalue weighted by atomic mass is 10.1. The van der Waals surface area contributed by atoms with Gasteiger partial charge in [-0.2, -0.15) is 0 Å². The Morgan fingerprint density at radius 1 is 1.00 bits per heavy atom. The molecule has 0 atom stereocenters. The molecular weight excluding hydrogens is 262 g/mol. The molecule has 0 N–H and O–H groups in total. The van der Waals surface area contributed by atoms with E-state index in [-0.39, 0.29) is 5.91 Å². The van der Waals surface area contributed by atoms with Gasteiger partial charge in [0.15, 0.2) is 0 Å². The van der Waals surface area contributed by atoms with Crippen LogP contribution >= 0.6 is 0 Å². The lowest BCUT2D eigenvalue weighted by Crippen LogP contribution is -2.26. The molecule has 0 fully saturated rings. The molecule has 0 saturated carbocycles. The first-order chi connectivity index (χ1) is 10.3. The molecule has 1 aromatic carbocycles. The van der Waals surface area contributed by atoms with E-state index in [1.807, 2.05) is 55.5 Å². The minimum absolute atomic E-state index is 0.00754. The topological polar surface area (TPSA) is 46.1 Å². The van der Waals surface area contributed by atoms with Gasteiger partial charge in [-0.15, -0.1) is 0 Å². The molecule has 3 aromatic rings. The van der Waals surface area contributed by atoms with Gasteiger partial charge in [-0.3, -0.25) is 14.7 Å². The van der Waals surface area contributed by atoms with E-state index < -0.39 is 0 Å². The lowest BCUT2D eigenvalue weighted by Gasteiger charge is -2.22. The first-order valence-corrected chi connectivity index (χ1v) is 6.89. The van der Waals surface area contributed by atoms with Gasteiger partial charge in [0, 0.05) is 24.2 Å². The number of benzene rings is 1. The Morgan fingerprint density at radius 3 is 2.57 bits per heavy atom. The first-order valence-electron chi connectivity index (χ1n) is 6.89. The van der Waals surface area contributed by atoms with Crippen molar-refractivity contribution in [1.29, 1.82) is 0 Å². The van der Waals surface area contributed by atoms with Crippen molar-refractivity contribution in [2.75, 3.05) is 4.90 Å². The molecule has 0 radical (unpaired) electrons. The van der Waals surface area contributed by atoms with Crippen LogP contribution in [0, 0.1) is 0 Å². The zero-order valence-corrected chi connectivity index (χ0v) is 11.7. The summed E-state index contributed by atoms with van der Waals surface area (Å²) in [4.78, 5) is 22.8. The van der Waals surface area contributed by atoms with E-state index in [9.17, 15) is 4.79 Å². The predicted molar refractivity (Wildman–Crippen MR) is 83.4 cm³/mol. The minimum atomic E-state index is -0.00754. The van der Waals surface area contributed by atoms with Gasteiger partial charge in [0.2, 0.25) is 5.91 Å². The molecular formula is C17H15N3O. The van der Waals surface area contributed by atoms with Gasteiger partial charge in [0.1, 0.15) is 5.82 Å². The molecule has 0 spiro atoms. The average Bonchev–Trinajstić information content (AvgIpc) is 2.56. The maximum Gasteiger partial charge on any atom is 0.232 e. The zero-order valence-electron chi connectivity index (χ0n) is 11.7. The summed E-state index contributed by atoms with van der Waals surface area (Å²) in [5.41, 5.74) is 1.56. The van der Waals surface area contributed by atoms with E-state index in [4.69, 9.17) is 0 Å². The number of carbonyl (C=O) groups is 1. The Labute approximate surface area is 123 Å². The Bertz CT molecular complexity index is 766. The third kappa shape index (κ3) is 2.48. The van der Waals surface area contributed by atoms with Gasteiger partial charge in [-0.1, -0.05) is 31.2 Å². The number of aromatic nitrogens is 2. The number of fused-ring (bicyclic) bond motifs is 1. The maximum absolute atomic E-state index is 12.4. The van der Waals surface area contributed by atoms with Crippen LogP contribution in [0.25, 0.3) is 10.9 Å². The van der Waals surface area contributed by atoms with Crippen molar-refractivity contribution < 1.29 is 4.79 Å². The van der Waals surface area contributed by atoms with Crippen LogP contribution in [-0.4, -0.2) is 15.9 Å². The number of anilines is 2. The first kappa shape index (κ1) is 13.2. The second-order valence-electron chi connectivity index (χ2n) is 4.62. The summed E-state index contributed by atoms with van der Waals surface area (Å²) in [7, 11) is 0. The van der Waals surface area contributed by atoms with Gasteiger partial charge in [0.25, 0.3) is 0 Å². The summed E-state index contributed by atoms with van der Waals surface area (Å²) in [6, 6.07) is 15.2. The van der Waals surface area contributed by atoms with E-state index in [0.29, 0.717) is 12.2 Å². The molecule has 4 heteroatoms. The summed E-state index contributed by atoms with van der Waals surface area (Å²) in [5.74, 6) is 0.606. The van der Waals surface area contributed by atoms with Crippen LogP contribution in [0.2, 0.25) is 0 Å². The molecule has 0 aliphatic rings. The highest BCUT2D eigenvalue weighted by atomic mass is 16.2.